The van der Waals surface area contributed by atoms with Gasteiger partial charge >= 0.3 is 0 Å². The van der Waals surface area contributed by atoms with Crippen molar-refractivity contribution in [3.05, 3.63) is 36.0 Å². The highest BCUT2D eigenvalue weighted by atomic mass is 16.3. The number of anilines is 1. The number of nitrogens with zero attached hydrogens (tertiary/aromatic N) is 1. The number of nitriles is 1. The number of hydrogen-bond donors (Lipinski definition) is 4. The van der Waals surface area contributed by atoms with E-state index in [9.17, 15) is 9.90 Å². The third kappa shape index (κ3) is 4.30. The van der Waals surface area contributed by atoms with Crippen LogP contribution in [0.3, 0.4) is 0 Å². The number of rotatable bonds is 5. The van der Waals surface area contributed by atoms with Crippen LogP contribution in [-0.2, 0) is 4.79 Å². The lowest BCUT2D eigenvalue weighted by molar-refractivity contribution is -0.112. The summed E-state index contributed by atoms with van der Waals surface area (Å²) in [4.78, 5) is 11.9. The minimum atomic E-state index is -0.643. The van der Waals surface area contributed by atoms with Crippen LogP contribution in [0, 0.1) is 11.3 Å². The maximum Gasteiger partial charge on any atom is 0.267 e. The number of nitrogens with one attached hydrogen (secondary N) is 2. The normalized spacial score (nSPS) is 11.6. The van der Waals surface area contributed by atoms with E-state index in [4.69, 9.17) is 10.4 Å². The van der Waals surface area contributed by atoms with Crippen LogP contribution in [0.1, 0.15) is 13.8 Å². The van der Waals surface area contributed by atoms with Gasteiger partial charge in [0.05, 0.1) is 17.8 Å². The van der Waals surface area contributed by atoms with E-state index in [1.807, 2.05) is 0 Å². The highest BCUT2D eigenvalue weighted by Crippen LogP contribution is 2.21. The van der Waals surface area contributed by atoms with Crippen molar-refractivity contribution in [3.8, 4) is 11.8 Å². The van der Waals surface area contributed by atoms with E-state index in [0.29, 0.717) is 0 Å². The summed E-state index contributed by atoms with van der Waals surface area (Å²) in [6, 6.07) is 7.99. The van der Waals surface area contributed by atoms with Crippen molar-refractivity contribution in [2.24, 2.45) is 0 Å². The number of phenolic OH excluding ortho intramolecular Hbond substituents is 1. The summed E-state index contributed by atoms with van der Waals surface area (Å²) in [5, 5.41) is 32.8. The monoisotopic (exact) mass is 275 g/mol. The van der Waals surface area contributed by atoms with Crippen LogP contribution in [0.4, 0.5) is 5.69 Å². The molecule has 0 atom stereocenters. The molecule has 0 unspecified atom stereocenters. The first-order valence-electron chi connectivity index (χ1n) is 5.98. The molecule has 0 aliphatic heterocycles. The topological polar surface area (TPSA) is 105 Å². The summed E-state index contributed by atoms with van der Waals surface area (Å²) in [7, 11) is 0. The van der Waals surface area contributed by atoms with E-state index in [1.165, 1.54) is 18.3 Å². The van der Waals surface area contributed by atoms with Crippen molar-refractivity contribution in [2.45, 2.75) is 19.4 Å². The Labute approximate surface area is 117 Å². The Morgan fingerprint density at radius 1 is 1.45 bits per heavy atom. The Bertz CT molecular complexity index is 559. The number of carbonyl (C=O) groups excluding carboxylic acids is 1. The molecule has 20 heavy (non-hydrogen) atoms. The van der Waals surface area contributed by atoms with Crippen molar-refractivity contribution >= 4 is 11.6 Å². The summed E-state index contributed by atoms with van der Waals surface area (Å²) < 4.78 is 0. The average molecular weight is 275 g/mol. The van der Waals surface area contributed by atoms with Crippen LogP contribution in [0.25, 0.3) is 0 Å². The molecule has 1 rings (SSSR count). The van der Waals surface area contributed by atoms with E-state index >= 15 is 0 Å². The van der Waals surface area contributed by atoms with Gasteiger partial charge in [-0.05, 0) is 26.0 Å². The van der Waals surface area contributed by atoms with Crippen LogP contribution >= 0.6 is 0 Å². The largest absolute Gasteiger partial charge is 0.506 e. The van der Waals surface area contributed by atoms with Crippen LogP contribution in [0.15, 0.2) is 36.0 Å². The summed E-state index contributed by atoms with van der Waals surface area (Å²) >= 11 is 0. The standard InChI is InChI=1S/C14H17N3O3/c1-14(2,9-18)16-8-10(7-15)13(20)17-11-5-3-4-6-12(11)19/h3-6,8,16,18-19H,9H2,1-2H3,(H,17,20)/b10-8-. The first-order valence-corrected chi connectivity index (χ1v) is 5.98. The summed E-state index contributed by atoms with van der Waals surface area (Å²) in [6.07, 6.45) is 1.24. The number of aliphatic hydroxyl groups is 1. The van der Waals surface area contributed by atoms with Gasteiger partial charge in [-0.3, -0.25) is 4.79 Å². The molecule has 6 heteroatoms. The SMILES string of the molecule is CC(C)(CO)N/C=C(/C#N)C(=O)Nc1ccccc1O. The number of aliphatic hydroxyl groups excluding tert-OH is 1. The molecule has 6 nitrogen and oxygen atoms in total. The number of hydrogen-bond acceptors (Lipinski definition) is 5. The summed E-state index contributed by atoms with van der Waals surface area (Å²) in [5.74, 6) is -0.725. The van der Waals surface area contributed by atoms with Gasteiger partial charge in [-0.15, -0.1) is 0 Å². The number of aromatic hydroxyl groups is 1. The maximum atomic E-state index is 11.9. The fourth-order valence-electron chi connectivity index (χ4n) is 1.23. The van der Waals surface area contributed by atoms with Gasteiger partial charge < -0.3 is 20.8 Å². The first-order chi connectivity index (χ1) is 9.39. The van der Waals surface area contributed by atoms with E-state index in [2.05, 4.69) is 10.6 Å². The second-order valence-electron chi connectivity index (χ2n) is 4.83. The lowest BCUT2D eigenvalue weighted by Gasteiger charge is -2.22. The molecule has 0 aliphatic carbocycles. The lowest BCUT2D eigenvalue weighted by Crippen LogP contribution is -2.39. The molecule has 0 saturated heterocycles. The van der Waals surface area contributed by atoms with E-state index < -0.39 is 11.4 Å². The van der Waals surface area contributed by atoms with Gasteiger partial charge in [0.25, 0.3) is 5.91 Å². The number of carbonyl (C=O) groups is 1. The smallest absolute Gasteiger partial charge is 0.267 e. The predicted octanol–water partition coefficient (Wildman–Crippen LogP) is 1.10. The third-order valence-electron chi connectivity index (χ3n) is 2.52. The zero-order valence-corrected chi connectivity index (χ0v) is 11.3. The van der Waals surface area contributed by atoms with Crippen molar-refractivity contribution < 1.29 is 15.0 Å². The molecule has 0 fully saturated rings. The Balaban J connectivity index is 2.81. The zero-order valence-electron chi connectivity index (χ0n) is 11.3. The summed E-state index contributed by atoms with van der Waals surface area (Å²) in [5.41, 5.74) is -0.577. The molecule has 0 bridgehead atoms. The van der Waals surface area contributed by atoms with Crippen LogP contribution in [-0.4, -0.2) is 28.3 Å². The number of benzene rings is 1. The number of amides is 1. The van der Waals surface area contributed by atoms with Gasteiger partial charge in [0.1, 0.15) is 17.4 Å². The average Bonchev–Trinajstić information content (AvgIpc) is 2.42. The van der Waals surface area contributed by atoms with Crippen molar-refractivity contribution in [1.29, 1.82) is 5.26 Å². The fourth-order valence-corrected chi connectivity index (χ4v) is 1.23. The minimum absolute atomic E-state index is 0.0817. The Morgan fingerprint density at radius 2 is 2.10 bits per heavy atom. The molecule has 1 aromatic carbocycles. The van der Waals surface area contributed by atoms with Crippen LogP contribution in [0.5, 0.6) is 5.75 Å². The molecular weight excluding hydrogens is 258 g/mol. The molecule has 0 spiro atoms. The van der Waals surface area contributed by atoms with E-state index in [0.717, 1.165) is 0 Å². The minimum Gasteiger partial charge on any atom is -0.506 e. The van der Waals surface area contributed by atoms with Crippen LogP contribution < -0.4 is 10.6 Å². The van der Waals surface area contributed by atoms with E-state index in [-0.39, 0.29) is 23.6 Å². The summed E-state index contributed by atoms with van der Waals surface area (Å²) in [6.45, 7) is 3.29. The van der Waals surface area contributed by atoms with Gasteiger partial charge in [0.2, 0.25) is 0 Å². The van der Waals surface area contributed by atoms with E-state index in [1.54, 1.807) is 32.0 Å². The second-order valence-corrected chi connectivity index (χ2v) is 4.83. The van der Waals surface area contributed by atoms with Gasteiger partial charge in [-0.25, -0.2) is 0 Å². The van der Waals surface area contributed by atoms with Crippen LogP contribution in [0.2, 0.25) is 0 Å². The molecule has 0 radical (unpaired) electrons. The molecule has 0 aliphatic rings. The molecule has 4 N–H and O–H groups in total. The van der Waals surface area contributed by atoms with Gasteiger partial charge in [-0.2, -0.15) is 5.26 Å². The molecule has 1 amide bonds. The highest BCUT2D eigenvalue weighted by Gasteiger charge is 2.16. The maximum absolute atomic E-state index is 11.9. The first kappa shape index (κ1) is 15.5. The quantitative estimate of drug-likeness (QED) is 0.366. The molecule has 0 heterocycles. The van der Waals surface area contributed by atoms with Gasteiger partial charge in [0, 0.05) is 6.20 Å². The van der Waals surface area contributed by atoms with Gasteiger partial charge in [0.15, 0.2) is 0 Å². The predicted molar refractivity (Wildman–Crippen MR) is 74.7 cm³/mol. The number of para-hydroxylation sites is 2. The second kappa shape index (κ2) is 6.59. The zero-order chi connectivity index (χ0) is 15.2. The lowest BCUT2D eigenvalue weighted by atomic mass is 10.1. The molecule has 0 saturated carbocycles. The number of phenols is 1. The molecule has 106 valence electrons. The van der Waals surface area contributed by atoms with Gasteiger partial charge in [-0.1, -0.05) is 12.1 Å². The van der Waals surface area contributed by atoms with Crippen molar-refractivity contribution in [2.75, 3.05) is 11.9 Å². The van der Waals surface area contributed by atoms with Crippen molar-refractivity contribution in [1.82, 2.24) is 5.32 Å². The third-order valence-corrected chi connectivity index (χ3v) is 2.52. The Hall–Kier alpha value is -2.52. The Morgan fingerprint density at radius 3 is 2.65 bits per heavy atom. The Kier molecular flexibility index (Phi) is 5.12. The molecule has 0 aromatic heterocycles. The highest BCUT2D eigenvalue weighted by molar-refractivity contribution is 6.07. The molecular formula is C14H17N3O3. The fraction of sp³-hybridized carbons (Fsp3) is 0.286. The molecule has 1 aromatic rings. The van der Waals surface area contributed by atoms with Crippen molar-refractivity contribution in [3.63, 3.8) is 0 Å².